The molecule has 0 saturated carbocycles. The summed E-state index contributed by atoms with van der Waals surface area (Å²) in [5.74, 6) is -2.74. The fourth-order valence-electron chi connectivity index (χ4n) is 5.09. The van der Waals surface area contributed by atoms with E-state index in [9.17, 15) is 23.9 Å². The molecule has 0 spiro atoms. The molecule has 0 radical (unpaired) electrons. The molecule has 3 N–H and O–H groups in total. The van der Waals surface area contributed by atoms with Gasteiger partial charge in [-0.2, -0.15) is 0 Å². The number of allylic oxidation sites excluding steroid dienone is 2. The predicted octanol–water partition coefficient (Wildman–Crippen LogP) is 5.13. The maximum atomic E-state index is 13.5. The van der Waals surface area contributed by atoms with Crippen LogP contribution in [-0.4, -0.2) is 48.2 Å². The van der Waals surface area contributed by atoms with Crippen molar-refractivity contribution in [2.45, 2.75) is 50.6 Å². The number of carbonyl (C=O) groups excluding carboxylic acids is 3. The van der Waals surface area contributed by atoms with E-state index in [4.69, 9.17) is 4.74 Å². The Labute approximate surface area is 265 Å². The summed E-state index contributed by atoms with van der Waals surface area (Å²) < 4.78 is 19.1. The van der Waals surface area contributed by atoms with Gasteiger partial charge >= 0.3 is 5.97 Å². The topological polar surface area (TPSA) is 105 Å². The van der Waals surface area contributed by atoms with Gasteiger partial charge in [0.1, 0.15) is 12.4 Å². The molecular formula is C37H43FN2O5. The number of aliphatic hydroxyl groups is 1. The summed E-state index contributed by atoms with van der Waals surface area (Å²) in [6.45, 7) is 7.19. The van der Waals surface area contributed by atoms with Gasteiger partial charge < -0.3 is 20.5 Å². The first-order valence-electron chi connectivity index (χ1n) is 15.2. The lowest BCUT2D eigenvalue weighted by atomic mass is 9.96. The molecule has 3 rings (SSSR count). The lowest BCUT2D eigenvalue weighted by Crippen LogP contribution is -2.45. The molecule has 0 aliphatic heterocycles. The molecule has 0 aromatic heterocycles. The molecule has 0 saturated heterocycles. The molecule has 0 heterocycles. The SMILES string of the molecule is C=CC[C@@H](CC(=O)N[C@@H](CO)Cc1ccccc1)C(=O)N[C@@H](COC(=O)[C@@H](CC=C)Cc1ccc(F)cc1)Cc1ccccc1. The summed E-state index contributed by atoms with van der Waals surface area (Å²) in [7, 11) is 0. The highest BCUT2D eigenvalue weighted by Crippen LogP contribution is 2.17. The van der Waals surface area contributed by atoms with E-state index in [1.807, 2.05) is 60.7 Å². The van der Waals surface area contributed by atoms with Gasteiger partial charge in [-0.25, -0.2) is 4.39 Å². The van der Waals surface area contributed by atoms with Crippen LogP contribution in [0.3, 0.4) is 0 Å². The third-order valence-corrected chi connectivity index (χ3v) is 7.44. The Hall–Kier alpha value is -4.56. The van der Waals surface area contributed by atoms with Gasteiger partial charge in [0.25, 0.3) is 0 Å². The van der Waals surface area contributed by atoms with E-state index in [2.05, 4.69) is 23.8 Å². The molecule has 238 valence electrons. The number of rotatable bonds is 19. The van der Waals surface area contributed by atoms with Crippen molar-refractivity contribution in [3.8, 4) is 0 Å². The lowest BCUT2D eigenvalue weighted by molar-refractivity contribution is -0.149. The van der Waals surface area contributed by atoms with E-state index < -0.39 is 29.9 Å². The van der Waals surface area contributed by atoms with E-state index >= 15 is 0 Å². The number of hydrogen-bond acceptors (Lipinski definition) is 5. The monoisotopic (exact) mass is 614 g/mol. The predicted molar refractivity (Wildman–Crippen MR) is 174 cm³/mol. The molecule has 0 unspecified atom stereocenters. The van der Waals surface area contributed by atoms with E-state index in [1.54, 1.807) is 24.3 Å². The molecule has 3 aromatic rings. The molecule has 0 aliphatic rings. The minimum Gasteiger partial charge on any atom is -0.463 e. The van der Waals surface area contributed by atoms with Crippen LogP contribution >= 0.6 is 0 Å². The Bertz CT molecular complexity index is 1360. The zero-order valence-corrected chi connectivity index (χ0v) is 25.6. The fourth-order valence-corrected chi connectivity index (χ4v) is 5.09. The Morgan fingerprint density at radius 2 is 1.27 bits per heavy atom. The standard InChI is InChI=1S/C37H43FN2O5/c1-3-11-30(24-35(42)39-33(25-41)22-27-13-7-5-8-14-27)36(43)40-34(23-28-15-9-6-10-16-28)26-45-37(44)31(12-4-2)21-29-17-19-32(38)20-18-29/h3-10,13-20,30-31,33-34,41H,1-2,11-12,21-26H2,(H,39,42)(H,40,43)/t30-,31-,33+,34+/m0/s1. The minimum atomic E-state index is -0.709. The first kappa shape index (κ1) is 34.9. The minimum absolute atomic E-state index is 0.0762. The quantitative estimate of drug-likeness (QED) is 0.128. The average molecular weight is 615 g/mol. The Morgan fingerprint density at radius 1 is 0.733 bits per heavy atom. The van der Waals surface area contributed by atoms with Gasteiger partial charge in [-0.1, -0.05) is 84.9 Å². The van der Waals surface area contributed by atoms with E-state index in [1.165, 1.54) is 12.1 Å². The van der Waals surface area contributed by atoms with Crippen molar-refractivity contribution in [3.05, 3.63) is 133 Å². The number of carbonyl (C=O) groups is 3. The maximum absolute atomic E-state index is 13.5. The second kappa shape index (κ2) is 19.0. The number of ether oxygens (including phenoxy) is 1. The van der Waals surface area contributed by atoms with Crippen molar-refractivity contribution in [2.24, 2.45) is 11.8 Å². The Balaban J connectivity index is 1.65. The molecule has 2 amide bonds. The molecule has 4 atom stereocenters. The second-order valence-electron chi connectivity index (χ2n) is 11.1. The van der Waals surface area contributed by atoms with Crippen LogP contribution in [0.25, 0.3) is 0 Å². The summed E-state index contributed by atoms with van der Waals surface area (Å²) in [5.41, 5.74) is 2.72. The number of hydrogen-bond donors (Lipinski definition) is 3. The third-order valence-electron chi connectivity index (χ3n) is 7.44. The van der Waals surface area contributed by atoms with Gasteiger partial charge in [-0.3, -0.25) is 14.4 Å². The van der Waals surface area contributed by atoms with Gasteiger partial charge in [0.15, 0.2) is 0 Å². The van der Waals surface area contributed by atoms with Crippen LogP contribution in [0, 0.1) is 17.7 Å². The second-order valence-corrected chi connectivity index (χ2v) is 11.1. The van der Waals surface area contributed by atoms with Crippen LogP contribution in [0.15, 0.2) is 110 Å². The molecule has 8 heteroatoms. The highest BCUT2D eigenvalue weighted by molar-refractivity contribution is 5.86. The van der Waals surface area contributed by atoms with Crippen molar-refractivity contribution in [2.75, 3.05) is 13.2 Å². The lowest BCUT2D eigenvalue weighted by Gasteiger charge is -2.24. The first-order valence-corrected chi connectivity index (χ1v) is 15.2. The highest BCUT2D eigenvalue weighted by Gasteiger charge is 2.26. The molecular weight excluding hydrogens is 571 g/mol. The van der Waals surface area contributed by atoms with Crippen LogP contribution in [0.4, 0.5) is 4.39 Å². The van der Waals surface area contributed by atoms with Crippen LogP contribution in [0.5, 0.6) is 0 Å². The number of benzene rings is 3. The summed E-state index contributed by atoms with van der Waals surface area (Å²) in [6, 6.07) is 24.0. The van der Waals surface area contributed by atoms with Crippen LogP contribution in [0.1, 0.15) is 36.0 Å². The van der Waals surface area contributed by atoms with Crippen molar-refractivity contribution in [1.82, 2.24) is 10.6 Å². The molecule has 0 fully saturated rings. The van der Waals surface area contributed by atoms with Crippen molar-refractivity contribution >= 4 is 17.8 Å². The van der Waals surface area contributed by atoms with Crippen molar-refractivity contribution in [1.29, 1.82) is 0 Å². The first-order chi connectivity index (χ1) is 21.8. The molecule has 45 heavy (non-hydrogen) atoms. The van der Waals surface area contributed by atoms with Gasteiger partial charge in [0.2, 0.25) is 11.8 Å². The van der Waals surface area contributed by atoms with Gasteiger partial charge in [0, 0.05) is 6.42 Å². The summed E-state index contributed by atoms with van der Waals surface area (Å²) in [5, 5.41) is 15.7. The summed E-state index contributed by atoms with van der Waals surface area (Å²) in [6.07, 6.45) is 4.99. The van der Waals surface area contributed by atoms with Crippen LogP contribution in [0.2, 0.25) is 0 Å². The van der Waals surface area contributed by atoms with Gasteiger partial charge in [-0.15, -0.1) is 13.2 Å². The highest BCUT2D eigenvalue weighted by atomic mass is 19.1. The molecule has 0 bridgehead atoms. The summed E-state index contributed by atoms with van der Waals surface area (Å²) in [4.78, 5) is 39.6. The van der Waals surface area contributed by atoms with Crippen molar-refractivity contribution in [3.63, 3.8) is 0 Å². The Kier molecular flexibility index (Phi) is 14.7. The zero-order valence-electron chi connectivity index (χ0n) is 25.6. The fraction of sp³-hybridized carbons (Fsp3) is 0.324. The summed E-state index contributed by atoms with van der Waals surface area (Å²) >= 11 is 0. The molecule has 0 aliphatic carbocycles. The molecule has 3 aromatic carbocycles. The van der Waals surface area contributed by atoms with Gasteiger partial charge in [0.05, 0.1) is 30.5 Å². The number of amides is 2. The number of aliphatic hydroxyl groups excluding tert-OH is 1. The zero-order chi connectivity index (χ0) is 32.4. The van der Waals surface area contributed by atoms with Crippen LogP contribution in [-0.2, 0) is 38.4 Å². The van der Waals surface area contributed by atoms with Crippen molar-refractivity contribution < 1.29 is 28.6 Å². The van der Waals surface area contributed by atoms with E-state index in [-0.39, 0.29) is 43.7 Å². The number of halogens is 1. The van der Waals surface area contributed by atoms with E-state index in [0.717, 1.165) is 16.7 Å². The van der Waals surface area contributed by atoms with Gasteiger partial charge in [-0.05, 0) is 60.9 Å². The normalized spacial score (nSPS) is 13.5. The smallest absolute Gasteiger partial charge is 0.309 e. The van der Waals surface area contributed by atoms with Crippen LogP contribution < -0.4 is 10.6 Å². The third kappa shape index (κ3) is 12.5. The average Bonchev–Trinajstić information content (AvgIpc) is 3.04. The Morgan fingerprint density at radius 3 is 1.82 bits per heavy atom. The number of esters is 1. The number of nitrogens with one attached hydrogen (secondary N) is 2. The van der Waals surface area contributed by atoms with E-state index in [0.29, 0.717) is 25.7 Å². The largest absolute Gasteiger partial charge is 0.463 e. The molecule has 7 nitrogen and oxygen atoms in total. The maximum Gasteiger partial charge on any atom is 0.309 e.